The second-order valence-corrected chi connectivity index (χ2v) is 6.78. The second-order valence-electron chi connectivity index (χ2n) is 6.78. The first-order valence-electron chi connectivity index (χ1n) is 6.06. The summed E-state index contributed by atoms with van der Waals surface area (Å²) in [5.41, 5.74) is 2.00. The van der Waals surface area contributed by atoms with Crippen molar-refractivity contribution >= 4 is 0 Å². The fraction of sp³-hybridized carbons (Fsp3) is 0.600. The van der Waals surface area contributed by atoms with Gasteiger partial charge in [0.15, 0.2) is 11.5 Å². The Kier molecular flexibility index (Phi) is 3.47. The molecule has 0 aliphatic heterocycles. The smallest absolute Gasteiger partial charge is 0.160 e. The van der Waals surface area contributed by atoms with Crippen molar-refractivity contribution in [2.24, 2.45) is 5.41 Å². The van der Waals surface area contributed by atoms with Gasteiger partial charge in [0.1, 0.15) is 0 Å². The summed E-state index contributed by atoms with van der Waals surface area (Å²) < 4.78 is 0. The molecule has 0 aromatic heterocycles. The standard InChI is InChI=1S/C15H24O2/c1-10-7-11(8-12(16)13(10)17)15(5,6)9-14(2,3)4/h7-8,16-17H,9H2,1-6H3. The van der Waals surface area contributed by atoms with Crippen LogP contribution < -0.4 is 0 Å². The highest BCUT2D eigenvalue weighted by Gasteiger charge is 2.28. The highest BCUT2D eigenvalue weighted by Crippen LogP contribution is 2.40. The Hall–Kier alpha value is -1.18. The van der Waals surface area contributed by atoms with Gasteiger partial charge in [0.2, 0.25) is 0 Å². The van der Waals surface area contributed by atoms with Crippen LogP contribution in [0.1, 0.15) is 52.2 Å². The average molecular weight is 236 g/mol. The lowest BCUT2D eigenvalue weighted by molar-refractivity contribution is 0.283. The SMILES string of the molecule is Cc1cc(C(C)(C)CC(C)(C)C)cc(O)c1O. The van der Waals surface area contributed by atoms with E-state index in [9.17, 15) is 10.2 Å². The topological polar surface area (TPSA) is 40.5 Å². The normalized spacial score (nSPS) is 12.8. The van der Waals surface area contributed by atoms with Crippen molar-refractivity contribution in [1.29, 1.82) is 0 Å². The molecule has 1 aromatic rings. The van der Waals surface area contributed by atoms with Crippen LogP contribution in [0.3, 0.4) is 0 Å². The minimum Gasteiger partial charge on any atom is -0.504 e. The molecule has 0 radical (unpaired) electrons. The summed E-state index contributed by atoms with van der Waals surface area (Å²) in [5.74, 6) is -0.0395. The molecule has 2 nitrogen and oxygen atoms in total. The molecule has 0 heterocycles. The van der Waals surface area contributed by atoms with Crippen molar-refractivity contribution in [3.8, 4) is 11.5 Å². The Morgan fingerprint density at radius 2 is 1.53 bits per heavy atom. The van der Waals surface area contributed by atoms with Gasteiger partial charge >= 0.3 is 0 Å². The molecule has 0 aliphatic rings. The Morgan fingerprint density at radius 3 is 1.94 bits per heavy atom. The van der Waals surface area contributed by atoms with E-state index < -0.39 is 0 Å². The summed E-state index contributed by atoms with van der Waals surface area (Å²) in [7, 11) is 0. The van der Waals surface area contributed by atoms with Gasteiger partial charge in [0.05, 0.1) is 0 Å². The molecule has 96 valence electrons. The van der Waals surface area contributed by atoms with Gasteiger partial charge in [-0.2, -0.15) is 0 Å². The lowest BCUT2D eigenvalue weighted by Gasteiger charge is -2.33. The van der Waals surface area contributed by atoms with Crippen molar-refractivity contribution in [3.63, 3.8) is 0 Å². The van der Waals surface area contributed by atoms with Gasteiger partial charge in [0.25, 0.3) is 0 Å². The summed E-state index contributed by atoms with van der Waals surface area (Å²) in [6, 6.07) is 3.63. The van der Waals surface area contributed by atoms with Crippen molar-refractivity contribution in [2.45, 2.75) is 53.4 Å². The molecule has 0 saturated carbocycles. The summed E-state index contributed by atoms with van der Waals surface area (Å²) in [5, 5.41) is 19.3. The van der Waals surface area contributed by atoms with Crippen molar-refractivity contribution in [3.05, 3.63) is 23.3 Å². The molecule has 1 aromatic carbocycles. The van der Waals surface area contributed by atoms with E-state index in [1.807, 2.05) is 13.0 Å². The maximum atomic E-state index is 9.69. The first-order chi connectivity index (χ1) is 7.53. The van der Waals surface area contributed by atoms with Crippen LogP contribution in [0, 0.1) is 12.3 Å². The first-order valence-corrected chi connectivity index (χ1v) is 6.06. The Morgan fingerprint density at radius 1 is 1.00 bits per heavy atom. The molecule has 0 saturated heterocycles. The van der Waals surface area contributed by atoms with E-state index in [0.717, 1.165) is 17.5 Å². The van der Waals surface area contributed by atoms with Crippen LogP contribution in [0.25, 0.3) is 0 Å². The zero-order valence-corrected chi connectivity index (χ0v) is 11.8. The molecule has 1 rings (SSSR count). The fourth-order valence-corrected chi connectivity index (χ4v) is 2.58. The number of aromatic hydroxyl groups is 2. The van der Waals surface area contributed by atoms with Crippen LogP contribution in [0.2, 0.25) is 0 Å². The maximum absolute atomic E-state index is 9.69. The summed E-state index contributed by atoms with van der Waals surface area (Å²) in [4.78, 5) is 0. The number of hydrogen-bond acceptors (Lipinski definition) is 2. The van der Waals surface area contributed by atoms with Crippen LogP contribution in [-0.4, -0.2) is 10.2 Å². The van der Waals surface area contributed by atoms with E-state index >= 15 is 0 Å². The van der Waals surface area contributed by atoms with Crippen LogP contribution in [0.5, 0.6) is 11.5 Å². The van der Waals surface area contributed by atoms with E-state index in [1.165, 1.54) is 0 Å². The molecule has 0 aliphatic carbocycles. The zero-order valence-electron chi connectivity index (χ0n) is 11.8. The average Bonchev–Trinajstić information content (AvgIpc) is 2.09. The third kappa shape index (κ3) is 3.39. The van der Waals surface area contributed by atoms with Gasteiger partial charge in [-0.3, -0.25) is 0 Å². The number of hydrogen-bond donors (Lipinski definition) is 2. The van der Waals surface area contributed by atoms with Gasteiger partial charge in [-0.15, -0.1) is 0 Å². The Bertz CT molecular complexity index is 388. The monoisotopic (exact) mass is 236 g/mol. The fourth-order valence-electron chi connectivity index (χ4n) is 2.58. The van der Waals surface area contributed by atoms with E-state index in [2.05, 4.69) is 34.6 Å². The van der Waals surface area contributed by atoms with Crippen LogP contribution >= 0.6 is 0 Å². The highest BCUT2D eigenvalue weighted by molar-refractivity contribution is 5.48. The predicted molar refractivity (Wildman–Crippen MR) is 71.6 cm³/mol. The van der Waals surface area contributed by atoms with Gasteiger partial charge in [-0.1, -0.05) is 40.7 Å². The number of phenols is 2. The minimum absolute atomic E-state index is 0.0136. The summed E-state index contributed by atoms with van der Waals surface area (Å²) in [6.07, 6.45) is 1.02. The van der Waals surface area contributed by atoms with E-state index in [4.69, 9.17) is 0 Å². The largest absolute Gasteiger partial charge is 0.504 e. The highest BCUT2D eigenvalue weighted by atomic mass is 16.3. The lowest BCUT2D eigenvalue weighted by Crippen LogP contribution is -2.24. The number of aryl methyl sites for hydroxylation is 1. The molecule has 2 N–H and O–H groups in total. The van der Waals surface area contributed by atoms with Gasteiger partial charge in [-0.05, 0) is 41.4 Å². The van der Waals surface area contributed by atoms with Gasteiger partial charge < -0.3 is 10.2 Å². The Balaban J connectivity index is 3.16. The second kappa shape index (κ2) is 4.25. The molecule has 0 bridgehead atoms. The molecule has 0 amide bonds. The molecule has 0 unspecified atom stereocenters. The third-order valence-electron chi connectivity index (χ3n) is 3.03. The van der Waals surface area contributed by atoms with Gasteiger partial charge in [0, 0.05) is 0 Å². The molecule has 0 atom stereocenters. The first kappa shape index (κ1) is 13.9. The maximum Gasteiger partial charge on any atom is 0.160 e. The minimum atomic E-state index is -0.0259. The number of phenolic OH excluding ortho intramolecular Hbond substituents is 2. The summed E-state index contributed by atoms with van der Waals surface area (Å²) in [6.45, 7) is 12.8. The zero-order chi connectivity index (χ0) is 13.4. The molecule has 0 fully saturated rings. The van der Waals surface area contributed by atoms with Crippen LogP contribution in [-0.2, 0) is 5.41 Å². The van der Waals surface area contributed by atoms with Crippen molar-refractivity contribution in [2.75, 3.05) is 0 Å². The third-order valence-corrected chi connectivity index (χ3v) is 3.03. The van der Waals surface area contributed by atoms with E-state index in [0.29, 0.717) is 0 Å². The molecular formula is C15H24O2. The number of benzene rings is 1. The van der Waals surface area contributed by atoms with Crippen molar-refractivity contribution < 1.29 is 10.2 Å². The van der Waals surface area contributed by atoms with Crippen LogP contribution in [0.15, 0.2) is 12.1 Å². The van der Waals surface area contributed by atoms with Gasteiger partial charge in [-0.25, -0.2) is 0 Å². The van der Waals surface area contributed by atoms with Crippen molar-refractivity contribution in [1.82, 2.24) is 0 Å². The quantitative estimate of drug-likeness (QED) is 0.758. The predicted octanol–water partition coefficient (Wildman–Crippen LogP) is 4.12. The van der Waals surface area contributed by atoms with E-state index in [1.54, 1.807) is 6.07 Å². The Labute approximate surface area is 104 Å². The molecule has 0 spiro atoms. The summed E-state index contributed by atoms with van der Waals surface area (Å²) >= 11 is 0. The molecular weight excluding hydrogens is 212 g/mol. The molecule has 17 heavy (non-hydrogen) atoms. The lowest BCUT2D eigenvalue weighted by atomic mass is 9.72. The molecule has 2 heteroatoms. The van der Waals surface area contributed by atoms with Crippen LogP contribution in [0.4, 0.5) is 0 Å². The number of rotatable bonds is 2. The van der Waals surface area contributed by atoms with E-state index in [-0.39, 0.29) is 22.3 Å².